The van der Waals surface area contributed by atoms with Crippen molar-refractivity contribution in [3.63, 3.8) is 0 Å². The van der Waals surface area contributed by atoms with Gasteiger partial charge in [0.2, 0.25) is 0 Å². The van der Waals surface area contributed by atoms with Gasteiger partial charge in [0.05, 0.1) is 12.8 Å². The number of rotatable bonds is 4. The van der Waals surface area contributed by atoms with E-state index < -0.39 is 0 Å². The lowest BCUT2D eigenvalue weighted by Gasteiger charge is -2.36. The molecule has 0 amide bonds. The molecule has 2 rings (SSSR count). The molecule has 0 aliphatic carbocycles. The second kappa shape index (κ2) is 6.55. The van der Waals surface area contributed by atoms with E-state index in [0.29, 0.717) is 6.04 Å². The molecule has 1 aliphatic heterocycles. The highest BCUT2D eigenvalue weighted by molar-refractivity contribution is 5.41. The smallest absolute Gasteiger partial charge is 0.128 e. The zero-order valence-electron chi connectivity index (χ0n) is 13.4. The van der Waals surface area contributed by atoms with Crippen LogP contribution in [0.5, 0.6) is 5.75 Å². The molecule has 4 heteroatoms. The maximum Gasteiger partial charge on any atom is 0.128 e. The lowest BCUT2D eigenvalue weighted by molar-refractivity contribution is 0.126. The lowest BCUT2D eigenvalue weighted by Crippen LogP contribution is -2.44. The second-order valence-electron chi connectivity index (χ2n) is 6.04. The summed E-state index contributed by atoms with van der Waals surface area (Å²) in [5.41, 5.74) is 3.44. The van der Waals surface area contributed by atoms with Gasteiger partial charge in [-0.1, -0.05) is 0 Å². The molecule has 0 saturated carbocycles. The SMILES string of the molecule is COc1c(C)cnc(CN2CCCC(N(C)C)C2)c1C. The molecule has 1 atom stereocenters. The van der Waals surface area contributed by atoms with E-state index in [1.165, 1.54) is 24.9 Å². The summed E-state index contributed by atoms with van der Waals surface area (Å²) in [6.45, 7) is 7.38. The van der Waals surface area contributed by atoms with Crippen LogP contribution < -0.4 is 4.74 Å². The van der Waals surface area contributed by atoms with E-state index in [-0.39, 0.29) is 0 Å². The van der Waals surface area contributed by atoms with Gasteiger partial charge in [-0.15, -0.1) is 0 Å². The van der Waals surface area contributed by atoms with E-state index in [4.69, 9.17) is 4.74 Å². The van der Waals surface area contributed by atoms with Crippen LogP contribution in [0, 0.1) is 13.8 Å². The van der Waals surface area contributed by atoms with E-state index in [9.17, 15) is 0 Å². The van der Waals surface area contributed by atoms with Crippen molar-refractivity contribution in [2.45, 2.75) is 39.3 Å². The van der Waals surface area contributed by atoms with E-state index in [1.807, 2.05) is 13.1 Å². The lowest BCUT2D eigenvalue weighted by atomic mass is 10.0. The molecule has 0 N–H and O–H groups in total. The number of likely N-dealkylation sites (tertiary alicyclic amines) is 1. The van der Waals surface area contributed by atoms with Gasteiger partial charge in [-0.3, -0.25) is 9.88 Å². The second-order valence-corrected chi connectivity index (χ2v) is 6.04. The summed E-state index contributed by atoms with van der Waals surface area (Å²) in [4.78, 5) is 9.46. The monoisotopic (exact) mass is 277 g/mol. The Bertz CT molecular complexity index is 459. The van der Waals surface area contributed by atoms with Crippen LogP contribution >= 0.6 is 0 Å². The van der Waals surface area contributed by atoms with Crippen molar-refractivity contribution in [3.05, 3.63) is 23.0 Å². The van der Waals surface area contributed by atoms with Crippen LogP contribution in [0.3, 0.4) is 0 Å². The Hall–Kier alpha value is -1.13. The summed E-state index contributed by atoms with van der Waals surface area (Å²) in [5, 5.41) is 0. The van der Waals surface area contributed by atoms with Gasteiger partial charge < -0.3 is 9.64 Å². The highest BCUT2D eigenvalue weighted by atomic mass is 16.5. The molecule has 0 bridgehead atoms. The normalized spacial score (nSPS) is 20.4. The molecule has 2 heterocycles. The summed E-state index contributed by atoms with van der Waals surface area (Å²) in [5.74, 6) is 0.983. The van der Waals surface area contributed by atoms with Crippen LogP contribution in [-0.4, -0.2) is 55.1 Å². The van der Waals surface area contributed by atoms with Crippen LogP contribution in [0.2, 0.25) is 0 Å². The summed E-state index contributed by atoms with van der Waals surface area (Å²) in [7, 11) is 6.08. The Morgan fingerprint density at radius 3 is 2.80 bits per heavy atom. The van der Waals surface area contributed by atoms with Gasteiger partial charge in [0.25, 0.3) is 0 Å². The minimum atomic E-state index is 0.663. The van der Waals surface area contributed by atoms with Gasteiger partial charge in [0.15, 0.2) is 0 Å². The Balaban J connectivity index is 2.10. The van der Waals surface area contributed by atoms with Crippen molar-refractivity contribution < 1.29 is 4.74 Å². The molecule has 0 radical (unpaired) electrons. The van der Waals surface area contributed by atoms with Gasteiger partial charge in [0.1, 0.15) is 5.75 Å². The molecule has 1 saturated heterocycles. The van der Waals surface area contributed by atoms with Crippen LogP contribution in [0.15, 0.2) is 6.20 Å². The van der Waals surface area contributed by atoms with Crippen LogP contribution in [-0.2, 0) is 6.54 Å². The predicted octanol–water partition coefficient (Wildman–Crippen LogP) is 2.23. The van der Waals surface area contributed by atoms with Gasteiger partial charge in [-0.2, -0.15) is 0 Å². The van der Waals surface area contributed by atoms with Gasteiger partial charge in [-0.05, 0) is 47.3 Å². The Kier molecular flexibility index (Phi) is 5.00. The fourth-order valence-electron chi connectivity index (χ4n) is 3.04. The standard InChI is InChI=1S/C16H27N3O/c1-12-9-17-15(13(2)16(12)20-5)11-19-8-6-7-14(10-19)18(3)4/h9,14H,6-8,10-11H2,1-5H3. The maximum absolute atomic E-state index is 5.50. The Morgan fingerprint density at radius 2 is 2.15 bits per heavy atom. The third-order valence-electron chi connectivity index (χ3n) is 4.33. The quantitative estimate of drug-likeness (QED) is 0.844. The Morgan fingerprint density at radius 1 is 1.40 bits per heavy atom. The molecule has 0 aromatic carbocycles. The number of nitrogens with zero attached hydrogens (tertiary/aromatic N) is 3. The first-order chi connectivity index (χ1) is 9.52. The van der Waals surface area contributed by atoms with E-state index in [2.05, 4.69) is 35.8 Å². The minimum absolute atomic E-state index is 0.663. The molecule has 1 unspecified atom stereocenters. The number of hydrogen-bond donors (Lipinski definition) is 0. The van der Waals surface area contributed by atoms with Gasteiger partial charge >= 0.3 is 0 Å². The zero-order valence-corrected chi connectivity index (χ0v) is 13.4. The largest absolute Gasteiger partial charge is 0.496 e. The van der Waals surface area contributed by atoms with Crippen molar-refractivity contribution in [1.29, 1.82) is 0 Å². The van der Waals surface area contributed by atoms with Gasteiger partial charge in [0, 0.05) is 36.5 Å². The molecule has 20 heavy (non-hydrogen) atoms. The molecule has 1 aromatic heterocycles. The van der Waals surface area contributed by atoms with Crippen LogP contribution in [0.1, 0.15) is 29.7 Å². The molecule has 1 fully saturated rings. The van der Waals surface area contributed by atoms with Crippen molar-refractivity contribution in [2.75, 3.05) is 34.3 Å². The first kappa shape index (κ1) is 15.3. The Labute approximate surface area is 122 Å². The first-order valence-electron chi connectivity index (χ1n) is 7.40. The number of methoxy groups -OCH3 is 1. The highest BCUT2D eigenvalue weighted by Crippen LogP contribution is 2.25. The minimum Gasteiger partial charge on any atom is -0.496 e. The van der Waals surface area contributed by atoms with Crippen molar-refractivity contribution in [2.24, 2.45) is 0 Å². The third kappa shape index (κ3) is 3.30. The third-order valence-corrected chi connectivity index (χ3v) is 4.33. The summed E-state index contributed by atoms with van der Waals surface area (Å²) < 4.78 is 5.50. The molecular weight excluding hydrogens is 250 g/mol. The van der Waals surface area contributed by atoms with Crippen LogP contribution in [0.25, 0.3) is 0 Å². The van der Waals surface area contributed by atoms with E-state index in [0.717, 1.165) is 30.1 Å². The zero-order chi connectivity index (χ0) is 14.7. The average Bonchev–Trinajstić information content (AvgIpc) is 2.43. The van der Waals surface area contributed by atoms with Crippen LogP contribution in [0.4, 0.5) is 0 Å². The van der Waals surface area contributed by atoms with Crippen molar-refractivity contribution >= 4 is 0 Å². The maximum atomic E-state index is 5.50. The van der Waals surface area contributed by atoms with Crippen molar-refractivity contribution in [3.8, 4) is 5.75 Å². The number of piperidine rings is 1. The number of ether oxygens (including phenoxy) is 1. The fourth-order valence-corrected chi connectivity index (χ4v) is 3.04. The summed E-state index contributed by atoms with van der Waals surface area (Å²) in [6, 6.07) is 0.663. The number of aryl methyl sites for hydroxylation is 1. The summed E-state index contributed by atoms with van der Waals surface area (Å²) >= 11 is 0. The fraction of sp³-hybridized carbons (Fsp3) is 0.688. The predicted molar refractivity (Wildman–Crippen MR) is 82.2 cm³/mol. The van der Waals surface area contributed by atoms with E-state index >= 15 is 0 Å². The number of likely N-dealkylation sites (N-methyl/N-ethyl adjacent to an activating group) is 1. The molecule has 1 aromatic rings. The molecular formula is C16H27N3O. The molecule has 1 aliphatic rings. The molecule has 0 spiro atoms. The van der Waals surface area contributed by atoms with Crippen molar-refractivity contribution in [1.82, 2.24) is 14.8 Å². The topological polar surface area (TPSA) is 28.6 Å². The van der Waals surface area contributed by atoms with E-state index in [1.54, 1.807) is 7.11 Å². The first-order valence-corrected chi connectivity index (χ1v) is 7.40. The highest BCUT2D eigenvalue weighted by Gasteiger charge is 2.22. The molecule has 112 valence electrons. The average molecular weight is 277 g/mol. The number of pyridine rings is 1. The molecule has 4 nitrogen and oxygen atoms in total. The number of aromatic nitrogens is 1. The number of hydrogen-bond acceptors (Lipinski definition) is 4. The van der Waals surface area contributed by atoms with Gasteiger partial charge in [-0.25, -0.2) is 0 Å². The summed E-state index contributed by atoms with van der Waals surface area (Å²) in [6.07, 6.45) is 4.49.